The van der Waals surface area contributed by atoms with E-state index in [1.807, 2.05) is 60.7 Å². The Kier molecular flexibility index (Phi) is 7.90. The van der Waals surface area contributed by atoms with Crippen molar-refractivity contribution in [1.82, 2.24) is 0 Å². The number of rotatable bonds is 14. The van der Waals surface area contributed by atoms with E-state index in [9.17, 15) is 10.2 Å². The van der Waals surface area contributed by atoms with Crippen LogP contribution in [0.1, 0.15) is 46.0 Å². The lowest BCUT2D eigenvalue weighted by Gasteiger charge is -2.56. The van der Waals surface area contributed by atoms with E-state index >= 15 is 0 Å². The third kappa shape index (κ3) is 5.06. The standard InChI is InChI=1S/C34H46O6/c1-24-31-29-17-32(2,22-37-18-25(35)20-39-27-9-5-3-6-10-27)14-13-30(29)33(15-16-34(24,31)33)23-38-19-26(36)21-40-28-11-7-4-8-12-28/h3-12,24-26,29-31,35-36H,13-23H2,1-2H3. The first-order valence-electron chi connectivity index (χ1n) is 15.2. The van der Waals surface area contributed by atoms with Crippen molar-refractivity contribution >= 4 is 0 Å². The molecule has 9 unspecified atom stereocenters. The molecule has 6 heteroatoms. The summed E-state index contributed by atoms with van der Waals surface area (Å²) in [5.41, 5.74) is 0.862. The first-order valence-corrected chi connectivity index (χ1v) is 15.2. The fourth-order valence-electron chi connectivity index (χ4n) is 9.24. The Morgan fingerprint density at radius 3 is 1.90 bits per heavy atom. The molecule has 0 bridgehead atoms. The third-order valence-corrected chi connectivity index (χ3v) is 11.0. The molecule has 0 heterocycles. The van der Waals surface area contributed by atoms with Gasteiger partial charge in [0.2, 0.25) is 0 Å². The topological polar surface area (TPSA) is 77.4 Å². The minimum atomic E-state index is -0.636. The highest BCUT2D eigenvalue weighted by molar-refractivity contribution is 5.33. The molecular formula is C34H46O6. The van der Waals surface area contributed by atoms with Gasteiger partial charge in [0.1, 0.15) is 36.9 Å². The number of aliphatic hydroxyl groups excluding tert-OH is 2. The Hall–Kier alpha value is -2.12. The van der Waals surface area contributed by atoms with E-state index in [2.05, 4.69) is 13.8 Å². The number of aliphatic hydroxyl groups is 2. The molecule has 2 aromatic carbocycles. The second-order valence-electron chi connectivity index (χ2n) is 13.4. The second-order valence-corrected chi connectivity index (χ2v) is 13.4. The third-order valence-electron chi connectivity index (χ3n) is 11.0. The van der Waals surface area contributed by atoms with E-state index in [0.29, 0.717) is 31.2 Å². The van der Waals surface area contributed by atoms with Crippen molar-refractivity contribution < 1.29 is 29.2 Å². The minimum absolute atomic E-state index is 0.140. The van der Waals surface area contributed by atoms with Crippen LogP contribution in [0.4, 0.5) is 0 Å². The summed E-state index contributed by atoms with van der Waals surface area (Å²) in [6, 6.07) is 19.2. The fourth-order valence-corrected chi connectivity index (χ4v) is 9.24. The van der Waals surface area contributed by atoms with Gasteiger partial charge in [-0.1, -0.05) is 50.2 Å². The summed E-state index contributed by atoms with van der Waals surface area (Å²) in [7, 11) is 0. The van der Waals surface area contributed by atoms with Gasteiger partial charge in [-0.15, -0.1) is 0 Å². The summed E-state index contributed by atoms with van der Waals surface area (Å²) in [6.45, 7) is 7.40. The van der Waals surface area contributed by atoms with Gasteiger partial charge in [0.05, 0.1) is 26.4 Å². The zero-order chi connectivity index (χ0) is 27.8. The maximum atomic E-state index is 10.5. The number of hydrogen-bond donors (Lipinski definition) is 2. The molecule has 4 saturated carbocycles. The molecular weight excluding hydrogens is 504 g/mol. The SMILES string of the molecule is CC1C2C3CC(C)(COCC(O)COc4ccccc4)CCC3C3(COCC(O)COc4ccccc4)CCC123. The fraction of sp³-hybridized carbons (Fsp3) is 0.647. The molecule has 6 rings (SSSR count). The summed E-state index contributed by atoms with van der Waals surface area (Å²) < 4.78 is 23.8. The van der Waals surface area contributed by atoms with Crippen LogP contribution in [0.15, 0.2) is 60.7 Å². The summed E-state index contributed by atoms with van der Waals surface area (Å²) in [5.74, 6) is 4.53. The van der Waals surface area contributed by atoms with Crippen molar-refractivity contribution in [3.05, 3.63) is 60.7 Å². The van der Waals surface area contributed by atoms with Gasteiger partial charge in [-0.3, -0.25) is 0 Å². The summed E-state index contributed by atoms with van der Waals surface area (Å²) >= 11 is 0. The van der Waals surface area contributed by atoms with E-state index in [0.717, 1.165) is 42.3 Å². The van der Waals surface area contributed by atoms with Crippen LogP contribution in [-0.4, -0.2) is 62.1 Å². The Labute approximate surface area is 239 Å². The van der Waals surface area contributed by atoms with Crippen LogP contribution in [0.25, 0.3) is 0 Å². The molecule has 0 amide bonds. The zero-order valence-corrected chi connectivity index (χ0v) is 24.0. The van der Waals surface area contributed by atoms with Crippen LogP contribution in [0.2, 0.25) is 0 Å². The molecule has 218 valence electrons. The van der Waals surface area contributed by atoms with Crippen LogP contribution in [0.3, 0.4) is 0 Å². The van der Waals surface area contributed by atoms with E-state index in [1.165, 1.54) is 25.7 Å². The van der Waals surface area contributed by atoms with Crippen molar-refractivity contribution in [2.75, 3.05) is 39.6 Å². The molecule has 0 aliphatic heterocycles. The molecule has 1 spiro atoms. The van der Waals surface area contributed by atoms with Gasteiger partial charge in [-0.25, -0.2) is 0 Å². The Bertz CT molecular complexity index is 1110. The lowest BCUT2D eigenvalue weighted by molar-refractivity contribution is -0.135. The highest BCUT2D eigenvalue weighted by Crippen LogP contribution is 2.89. The van der Waals surface area contributed by atoms with Gasteiger partial charge in [-0.05, 0) is 90.9 Å². The number of ether oxygens (including phenoxy) is 4. The van der Waals surface area contributed by atoms with E-state index in [4.69, 9.17) is 18.9 Å². The maximum Gasteiger partial charge on any atom is 0.119 e. The molecule has 4 fully saturated rings. The van der Waals surface area contributed by atoms with Crippen molar-refractivity contribution in [2.24, 2.45) is 39.9 Å². The summed E-state index contributed by atoms with van der Waals surface area (Å²) in [5, 5.41) is 20.9. The molecule has 0 aromatic heterocycles. The van der Waals surface area contributed by atoms with Crippen molar-refractivity contribution in [3.8, 4) is 11.5 Å². The molecule has 9 atom stereocenters. The second kappa shape index (κ2) is 11.3. The smallest absolute Gasteiger partial charge is 0.119 e. The first-order chi connectivity index (χ1) is 19.4. The molecule has 40 heavy (non-hydrogen) atoms. The van der Waals surface area contributed by atoms with Crippen molar-refractivity contribution in [2.45, 2.75) is 58.2 Å². The minimum Gasteiger partial charge on any atom is -0.491 e. The molecule has 6 nitrogen and oxygen atoms in total. The van der Waals surface area contributed by atoms with E-state index in [1.54, 1.807) is 0 Å². The molecule has 4 aliphatic rings. The predicted molar refractivity (Wildman–Crippen MR) is 153 cm³/mol. The largest absolute Gasteiger partial charge is 0.491 e. The van der Waals surface area contributed by atoms with Gasteiger partial charge < -0.3 is 29.2 Å². The van der Waals surface area contributed by atoms with Crippen molar-refractivity contribution in [1.29, 1.82) is 0 Å². The Balaban J connectivity index is 0.979. The Morgan fingerprint density at radius 1 is 0.775 bits per heavy atom. The quantitative estimate of drug-likeness (QED) is 0.330. The first kappa shape index (κ1) is 28.0. The van der Waals surface area contributed by atoms with Gasteiger partial charge in [0, 0.05) is 5.41 Å². The monoisotopic (exact) mass is 550 g/mol. The van der Waals surface area contributed by atoms with Gasteiger partial charge >= 0.3 is 0 Å². The maximum absolute atomic E-state index is 10.5. The van der Waals surface area contributed by atoms with Gasteiger partial charge in [0.15, 0.2) is 0 Å². The molecule has 2 N–H and O–H groups in total. The van der Waals surface area contributed by atoms with Crippen LogP contribution < -0.4 is 9.47 Å². The number of hydrogen-bond acceptors (Lipinski definition) is 6. The van der Waals surface area contributed by atoms with Crippen LogP contribution >= 0.6 is 0 Å². The zero-order valence-electron chi connectivity index (χ0n) is 24.0. The molecule has 0 radical (unpaired) electrons. The summed E-state index contributed by atoms with van der Waals surface area (Å²) in [4.78, 5) is 0. The normalized spacial score (nSPS) is 36.9. The predicted octanol–water partition coefficient (Wildman–Crippen LogP) is 5.37. The van der Waals surface area contributed by atoms with Gasteiger partial charge in [0.25, 0.3) is 0 Å². The number of benzene rings is 2. The molecule has 0 saturated heterocycles. The van der Waals surface area contributed by atoms with Crippen LogP contribution in [0.5, 0.6) is 11.5 Å². The number of fused-ring (bicyclic) bond motifs is 3. The van der Waals surface area contributed by atoms with Crippen molar-refractivity contribution in [3.63, 3.8) is 0 Å². The highest BCUT2D eigenvalue weighted by Gasteiger charge is 2.85. The van der Waals surface area contributed by atoms with Gasteiger partial charge in [-0.2, -0.15) is 0 Å². The Morgan fingerprint density at radius 2 is 1.35 bits per heavy atom. The molecule has 2 aromatic rings. The van der Waals surface area contributed by atoms with E-state index in [-0.39, 0.29) is 24.0 Å². The average Bonchev–Trinajstić information content (AvgIpc) is 3.57. The van der Waals surface area contributed by atoms with E-state index < -0.39 is 12.2 Å². The lowest BCUT2D eigenvalue weighted by Crippen LogP contribution is -2.52. The molecule has 4 aliphatic carbocycles. The van der Waals surface area contributed by atoms with Crippen LogP contribution in [-0.2, 0) is 9.47 Å². The average molecular weight is 551 g/mol. The highest BCUT2D eigenvalue weighted by atomic mass is 16.5. The summed E-state index contributed by atoms with van der Waals surface area (Å²) in [6.07, 6.45) is 4.89. The lowest BCUT2D eigenvalue weighted by atomic mass is 9.50. The van der Waals surface area contributed by atoms with Crippen LogP contribution in [0, 0.1) is 39.9 Å². The number of para-hydroxylation sites is 2.